The number of benzene rings is 1. The first-order valence-electron chi connectivity index (χ1n) is 7.11. The highest BCUT2D eigenvalue weighted by molar-refractivity contribution is 6.30. The molecule has 0 aromatic heterocycles. The molecule has 0 aliphatic carbocycles. The van der Waals surface area contributed by atoms with Gasteiger partial charge in [-0.15, -0.1) is 0 Å². The van der Waals surface area contributed by atoms with Crippen LogP contribution in [0.25, 0.3) is 0 Å². The molecule has 0 saturated carbocycles. The van der Waals surface area contributed by atoms with Gasteiger partial charge in [-0.3, -0.25) is 4.90 Å². The van der Waals surface area contributed by atoms with Crippen molar-refractivity contribution in [2.75, 3.05) is 39.5 Å². The second kappa shape index (κ2) is 8.47. The molecule has 1 aromatic carbocycles. The van der Waals surface area contributed by atoms with Crippen LogP contribution in [-0.4, -0.2) is 55.6 Å². The zero-order chi connectivity index (χ0) is 14.2. The topological polar surface area (TPSA) is 41.9 Å². The molecular weight excluding hydrogens is 278 g/mol. The van der Waals surface area contributed by atoms with Crippen molar-refractivity contribution < 1.29 is 14.6 Å². The van der Waals surface area contributed by atoms with E-state index >= 15 is 0 Å². The van der Waals surface area contributed by atoms with Crippen molar-refractivity contribution in [1.82, 2.24) is 4.90 Å². The molecule has 1 N–H and O–H groups in total. The van der Waals surface area contributed by atoms with Gasteiger partial charge < -0.3 is 14.6 Å². The zero-order valence-electron chi connectivity index (χ0n) is 11.6. The molecule has 5 heteroatoms. The smallest absolute Gasteiger partial charge is 0.119 e. The summed E-state index contributed by atoms with van der Waals surface area (Å²) in [6.45, 7) is 4.22. The monoisotopic (exact) mass is 299 g/mol. The van der Waals surface area contributed by atoms with Gasteiger partial charge in [-0.1, -0.05) is 11.6 Å². The first kappa shape index (κ1) is 15.6. The van der Waals surface area contributed by atoms with E-state index in [-0.39, 0.29) is 6.61 Å². The van der Waals surface area contributed by atoms with Gasteiger partial charge in [-0.2, -0.15) is 0 Å². The van der Waals surface area contributed by atoms with Crippen LogP contribution in [0.15, 0.2) is 24.3 Å². The largest absolute Gasteiger partial charge is 0.492 e. The molecule has 1 aromatic rings. The molecule has 1 saturated heterocycles. The lowest BCUT2D eigenvalue weighted by Gasteiger charge is -2.31. The summed E-state index contributed by atoms with van der Waals surface area (Å²) < 4.78 is 11.2. The average molecular weight is 300 g/mol. The van der Waals surface area contributed by atoms with Crippen LogP contribution in [0.4, 0.5) is 0 Å². The minimum absolute atomic E-state index is 0.106. The quantitative estimate of drug-likeness (QED) is 0.838. The van der Waals surface area contributed by atoms with Gasteiger partial charge in [0.05, 0.1) is 19.3 Å². The molecular formula is C15H22ClNO3. The first-order chi connectivity index (χ1) is 9.78. The van der Waals surface area contributed by atoms with Gasteiger partial charge in [-0.05, 0) is 37.1 Å². The van der Waals surface area contributed by atoms with Crippen LogP contribution < -0.4 is 4.74 Å². The summed E-state index contributed by atoms with van der Waals surface area (Å²) in [7, 11) is 0. The second-order valence-electron chi connectivity index (χ2n) is 4.94. The molecule has 0 unspecified atom stereocenters. The van der Waals surface area contributed by atoms with Gasteiger partial charge in [0, 0.05) is 24.7 Å². The molecule has 1 aliphatic rings. The fourth-order valence-corrected chi connectivity index (χ4v) is 2.47. The van der Waals surface area contributed by atoms with Crippen molar-refractivity contribution in [3.05, 3.63) is 29.3 Å². The van der Waals surface area contributed by atoms with Gasteiger partial charge >= 0.3 is 0 Å². The van der Waals surface area contributed by atoms with E-state index in [9.17, 15) is 0 Å². The number of piperidine rings is 1. The third-order valence-corrected chi connectivity index (χ3v) is 3.72. The summed E-state index contributed by atoms with van der Waals surface area (Å²) >= 11 is 5.83. The minimum Gasteiger partial charge on any atom is -0.492 e. The summed E-state index contributed by atoms with van der Waals surface area (Å²) in [5.74, 6) is 0.857. The predicted octanol–water partition coefficient (Wildman–Crippen LogP) is 2.19. The molecule has 0 radical (unpaired) electrons. The Morgan fingerprint density at radius 3 is 2.50 bits per heavy atom. The molecule has 2 rings (SSSR count). The number of rotatable bonds is 7. The molecule has 0 atom stereocenters. The average Bonchev–Trinajstić information content (AvgIpc) is 2.48. The Hall–Kier alpha value is -0.810. The van der Waals surface area contributed by atoms with Crippen LogP contribution >= 0.6 is 11.6 Å². The number of nitrogens with zero attached hydrogens (tertiary/aromatic N) is 1. The predicted molar refractivity (Wildman–Crippen MR) is 79.4 cm³/mol. The Labute approximate surface area is 125 Å². The molecule has 1 heterocycles. The zero-order valence-corrected chi connectivity index (χ0v) is 12.4. The van der Waals surface area contributed by atoms with E-state index in [4.69, 9.17) is 26.2 Å². The molecule has 4 nitrogen and oxygen atoms in total. The summed E-state index contributed by atoms with van der Waals surface area (Å²) in [5, 5.41) is 9.45. The highest BCUT2D eigenvalue weighted by Crippen LogP contribution is 2.16. The van der Waals surface area contributed by atoms with E-state index in [1.807, 2.05) is 24.3 Å². The van der Waals surface area contributed by atoms with E-state index in [1.54, 1.807) is 0 Å². The van der Waals surface area contributed by atoms with Gasteiger partial charge in [0.15, 0.2) is 0 Å². The molecule has 1 aliphatic heterocycles. The maximum Gasteiger partial charge on any atom is 0.119 e. The van der Waals surface area contributed by atoms with Crippen molar-refractivity contribution in [2.45, 2.75) is 18.9 Å². The Morgan fingerprint density at radius 2 is 1.85 bits per heavy atom. The number of hydrogen-bond donors (Lipinski definition) is 1. The lowest BCUT2D eigenvalue weighted by Crippen LogP contribution is -2.39. The maximum atomic E-state index is 8.73. The van der Waals surface area contributed by atoms with Gasteiger partial charge in [0.1, 0.15) is 12.4 Å². The van der Waals surface area contributed by atoms with E-state index in [2.05, 4.69) is 4.90 Å². The lowest BCUT2D eigenvalue weighted by atomic mass is 10.1. The van der Waals surface area contributed by atoms with Crippen LogP contribution in [0.1, 0.15) is 12.8 Å². The third-order valence-electron chi connectivity index (χ3n) is 3.47. The molecule has 20 heavy (non-hydrogen) atoms. The normalized spacial score (nSPS) is 17.3. The standard InChI is InChI=1S/C15H22ClNO3/c16-13-1-3-14(4-2-13)19-11-9-17-7-5-15(6-8-17)20-12-10-18/h1-4,15,18H,5-12H2. The number of likely N-dealkylation sites (tertiary alicyclic amines) is 1. The van der Waals surface area contributed by atoms with E-state index in [0.29, 0.717) is 19.3 Å². The maximum absolute atomic E-state index is 8.73. The Kier molecular flexibility index (Phi) is 6.60. The van der Waals surface area contributed by atoms with Gasteiger partial charge in [0.2, 0.25) is 0 Å². The number of aliphatic hydroxyl groups excluding tert-OH is 1. The van der Waals surface area contributed by atoms with Crippen molar-refractivity contribution in [1.29, 1.82) is 0 Å². The highest BCUT2D eigenvalue weighted by Gasteiger charge is 2.19. The molecule has 1 fully saturated rings. The SMILES string of the molecule is OCCOC1CCN(CCOc2ccc(Cl)cc2)CC1. The fraction of sp³-hybridized carbons (Fsp3) is 0.600. The number of ether oxygens (including phenoxy) is 2. The van der Waals surface area contributed by atoms with Crippen molar-refractivity contribution in [3.8, 4) is 5.75 Å². The number of aliphatic hydroxyl groups is 1. The summed E-state index contributed by atoms with van der Waals surface area (Å²) in [5.41, 5.74) is 0. The third kappa shape index (κ3) is 5.29. The van der Waals surface area contributed by atoms with E-state index in [1.165, 1.54) is 0 Å². The highest BCUT2D eigenvalue weighted by atomic mass is 35.5. The van der Waals surface area contributed by atoms with Crippen LogP contribution in [0.3, 0.4) is 0 Å². The molecule has 0 bridgehead atoms. The van der Waals surface area contributed by atoms with Gasteiger partial charge in [0.25, 0.3) is 0 Å². The Bertz CT molecular complexity index is 377. The van der Waals surface area contributed by atoms with Crippen molar-refractivity contribution in [2.24, 2.45) is 0 Å². The van der Waals surface area contributed by atoms with E-state index < -0.39 is 0 Å². The minimum atomic E-state index is 0.106. The van der Waals surface area contributed by atoms with Crippen LogP contribution in [-0.2, 0) is 4.74 Å². The molecule has 112 valence electrons. The Balaban J connectivity index is 1.60. The molecule has 0 spiro atoms. The summed E-state index contributed by atoms with van der Waals surface area (Å²) in [6.07, 6.45) is 2.36. The van der Waals surface area contributed by atoms with Crippen LogP contribution in [0.5, 0.6) is 5.75 Å². The van der Waals surface area contributed by atoms with Gasteiger partial charge in [-0.25, -0.2) is 0 Å². The van der Waals surface area contributed by atoms with Crippen LogP contribution in [0.2, 0.25) is 5.02 Å². The first-order valence-corrected chi connectivity index (χ1v) is 7.49. The number of halogens is 1. The summed E-state index contributed by atoms with van der Waals surface area (Å²) in [4.78, 5) is 2.38. The fourth-order valence-electron chi connectivity index (χ4n) is 2.34. The molecule has 0 amide bonds. The van der Waals surface area contributed by atoms with Crippen molar-refractivity contribution >= 4 is 11.6 Å². The number of hydrogen-bond acceptors (Lipinski definition) is 4. The van der Waals surface area contributed by atoms with E-state index in [0.717, 1.165) is 43.2 Å². The van der Waals surface area contributed by atoms with Crippen LogP contribution in [0, 0.1) is 0 Å². The summed E-state index contributed by atoms with van der Waals surface area (Å²) in [6, 6.07) is 7.44. The van der Waals surface area contributed by atoms with Crippen molar-refractivity contribution in [3.63, 3.8) is 0 Å². The lowest BCUT2D eigenvalue weighted by molar-refractivity contribution is -0.00923. The Morgan fingerprint density at radius 1 is 1.15 bits per heavy atom. The second-order valence-corrected chi connectivity index (χ2v) is 5.37.